The Bertz CT molecular complexity index is 245. The Balaban J connectivity index is 2.72. The second-order valence-corrected chi connectivity index (χ2v) is 3.73. The zero-order valence-corrected chi connectivity index (χ0v) is 8.82. The first-order valence-electron chi connectivity index (χ1n) is 3.62. The monoisotopic (exact) mass is 248 g/mol. The van der Waals surface area contributed by atoms with Gasteiger partial charge in [-0.1, -0.05) is 27.5 Å². The summed E-state index contributed by atoms with van der Waals surface area (Å²) in [7, 11) is 0. The van der Waals surface area contributed by atoms with E-state index in [0.717, 1.165) is 16.7 Å². The lowest BCUT2D eigenvalue weighted by molar-refractivity contribution is 1.02. The van der Waals surface area contributed by atoms with Crippen LogP contribution in [0.5, 0.6) is 0 Å². The van der Waals surface area contributed by atoms with E-state index in [0.29, 0.717) is 11.6 Å². The third-order valence-corrected chi connectivity index (χ3v) is 2.01. The van der Waals surface area contributed by atoms with Gasteiger partial charge in [0.25, 0.3) is 0 Å². The van der Waals surface area contributed by atoms with E-state index in [-0.39, 0.29) is 0 Å². The fourth-order valence-corrected chi connectivity index (χ4v) is 1.73. The molecule has 0 saturated carbocycles. The molecule has 0 atom stereocenters. The van der Waals surface area contributed by atoms with Gasteiger partial charge < -0.3 is 11.1 Å². The number of halogens is 2. The molecule has 66 valence electrons. The Kier molecular flexibility index (Phi) is 3.85. The average molecular weight is 250 g/mol. The Labute approximate surface area is 85.2 Å². The van der Waals surface area contributed by atoms with Crippen LogP contribution in [0.1, 0.15) is 0 Å². The summed E-state index contributed by atoms with van der Waals surface area (Å²) in [6.07, 6.45) is 0. The van der Waals surface area contributed by atoms with Gasteiger partial charge in [0.2, 0.25) is 0 Å². The molecule has 12 heavy (non-hydrogen) atoms. The van der Waals surface area contributed by atoms with Crippen molar-refractivity contribution in [1.29, 1.82) is 0 Å². The quantitative estimate of drug-likeness (QED) is 0.864. The van der Waals surface area contributed by atoms with Crippen LogP contribution in [0.3, 0.4) is 0 Å². The highest BCUT2D eigenvalue weighted by Crippen LogP contribution is 2.22. The summed E-state index contributed by atoms with van der Waals surface area (Å²) in [5, 5.41) is 3.85. The number of rotatable bonds is 3. The van der Waals surface area contributed by atoms with Gasteiger partial charge in [-0.2, -0.15) is 0 Å². The fourth-order valence-electron chi connectivity index (χ4n) is 0.872. The van der Waals surface area contributed by atoms with E-state index in [1.54, 1.807) is 0 Å². The molecule has 0 saturated heterocycles. The van der Waals surface area contributed by atoms with Gasteiger partial charge in [0, 0.05) is 28.3 Å². The minimum Gasteiger partial charge on any atom is -0.384 e. The molecule has 0 amide bonds. The lowest BCUT2D eigenvalue weighted by atomic mass is 10.3. The predicted molar refractivity (Wildman–Crippen MR) is 56.7 cm³/mol. The largest absolute Gasteiger partial charge is 0.384 e. The highest BCUT2D eigenvalue weighted by atomic mass is 79.9. The lowest BCUT2D eigenvalue weighted by Gasteiger charge is -2.05. The van der Waals surface area contributed by atoms with Gasteiger partial charge in [-0.05, 0) is 18.2 Å². The molecule has 0 aliphatic heterocycles. The molecule has 3 N–H and O–H groups in total. The van der Waals surface area contributed by atoms with Gasteiger partial charge in [-0.3, -0.25) is 0 Å². The molecule has 0 unspecified atom stereocenters. The minimum absolute atomic E-state index is 0.615. The van der Waals surface area contributed by atoms with Crippen molar-refractivity contribution >= 4 is 33.2 Å². The number of anilines is 1. The minimum atomic E-state index is 0.615. The predicted octanol–water partition coefficient (Wildman–Crippen LogP) is 2.47. The van der Waals surface area contributed by atoms with Crippen molar-refractivity contribution in [3.05, 3.63) is 27.7 Å². The molecule has 0 aliphatic rings. The van der Waals surface area contributed by atoms with Gasteiger partial charge in [-0.15, -0.1) is 0 Å². The maximum atomic E-state index is 5.83. The molecular weight excluding hydrogens is 239 g/mol. The zero-order valence-electron chi connectivity index (χ0n) is 6.48. The summed E-state index contributed by atoms with van der Waals surface area (Å²) in [6.45, 7) is 1.37. The van der Waals surface area contributed by atoms with E-state index < -0.39 is 0 Å². The zero-order chi connectivity index (χ0) is 8.97. The van der Waals surface area contributed by atoms with Crippen LogP contribution in [-0.4, -0.2) is 13.1 Å². The number of hydrogen-bond acceptors (Lipinski definition) is 2. The summed E-state index contributed by atoms with van der Waals surface area (Å²) in [5.74, 6) is 0. The second kappa shape index (κ2) is 4.70. The molecule has 0 spiro atoms. The van der Waals surface area contributed by atoms with Gasteiger partial charge in [0.05, 0.1) is 0 Å². The highest BCUT2D eigenvalue weighted by molar-refractivity contribution is 9.10. The molecule has 1 rings (SSSR count). The lowest BCUT2D eigenvalue weighted by Crippen LogP contribution is -2.12. The van der Waals surface area contributed by atoms with Gasteiger partial charge in [0.15, 0.2) is 0 Å². The van der Waals surface area contributed by atoms with Crippen LogP contribution in [0.25, 0.3) is 0 Å². The SMILES string of the molecule is NCCNc1cc(Cl)cc(Br)c1. The van der Waals surface area contributed by atoms with Gasteiger partial charge in [-0.25, -0.2) is 0 Å². The van der Waals surface area contributed by atoms with E-state index in [1.807, 2.05) is 18.2 Å². The van der Waals surface area contributed by atoms with Crippen LogP contribution in [0.4, 0.5) is 5.69 Å². The van der Waals surface area contributed by atoms with Crippen molar-refractivity contribution < 1.29 is 0 Å². The maximum absolute atomic E-state index is 5.83. The van der Waals surface area contributed by atoms with Crippen molar-refractivity contribution in [2.45, 2.75) is 0 Å². The Hall–Kier alpha value is -0.250. The summed E-state index contributed by atoms with van der Waals surface area (Å²) in [6, 6.07) is 5.67. The second-order valence-electron chi connectivity index (χ2n) is 2.37. The molecule has 0 radical (unpaired) electrons. The Morgan fingerprint density at radius 1 is 1.42 bits per heavy atom. The van der Waals surface area contributed by atoms with E-state index >= 15 is 0 Å². The van der Waals surface area contributed by atoms with E-state index in [2.05, 4.69) is 21.2 Å². The van der Waals surface area contributed by atoms with Crippen LogP contribution in [0.2, 0.25) is 5.02 Å². The summed E-state index contributed by atoms with van der Waals surface area (Å²) >= 11 is 9.18. The molecule has 0 bridgehead atoms. The third kappa shape index (κ3) is 3.01. The normalized spacial score (nSPS) is 9.92. The van der Waals surface area contributed by atoms with Crippen LogP contribution >= 0.6 is 27.5 Å². The molecule has 0 heterocycles. The number of nitrogens with one attached hydrogen (secondary N) is 1. The molecule has 0 aliphatic carbocycles. The summed E-state index contributed by atoms with van der Waals surface area (Å²) in [5.41, 5.74) is 6.33. The van der Waals surface area contributed by atoms with Crippen LogP contribution in [0, 0.1) is 0 Å². The van der Waals surface area contributed by atoms with Crippen LogP contribution in [0.15, 0.2) is 22.7 Å². The first kappa shape index (κ1) is 9.84. The molecule has 0 fully saturated rings. The van der Waals surface area contributed by atoms with Gasteiger partial charge in [0.1, 0.15) is 0 Å². The van der Waals surface area contributed by atoms with Crippen LogP contribution < -0.4 is 11.1 Å². The Morgan fingerprint density at radius 3 is 2.75 bits per heavy atom. The number of nitrogens with two attached hydrogens (primary N) is 1. The summed E-state index contributed by atoms with van der Waals surface area (Å²) in [4.78, 5) is 0. The molecule has 2 nitrogen and oxygen atoms in total. The number of hydrogen-bond donors (Lipinski definition) is 2. The third-order valence-electron chi connectivity index (χ3n) is 1.34. The fraction of sp³-hybridized carbons (Fsp3) is 0.250. The van der Waals surface area contributed by atoms with Crippen molar-refractivity contribution in [2.75, 3.05) is 18.4 Å². The van der Waals surface area contributed by atoms with Gasteiger partial charge >= 0.3 is 0 Å². The topological polar surface area (TPSA) is 38.0 Å². The smallest absolute Gasteiger partial charge is 0.0437 e. The molecule has 1 aromatic carbocycles. The Morgan fingerprint density at radius 2 is 2.17 bits per heavy atom. The molecule has 0 aromatic heterocycles. The average Bonchev–Trinajstić information content (AvgIpc) is 1.99. The van der Waals surface area contributed by atoms with E-state index in [1.165, 1.54) is 0 Å². The highest BCUT2D eigenvalue weighted by Gasteiger charge is 1.95. The van der Waals surface area contributed by atoms with Crippen molar-refractivity contribution in [3.63, 3.8) is 0 Å². The first-order chi connectivity index (χ1) is 5.72. The molecule has 4 heteroatoms. The number of benzene rings is 1. The van der Waals surface area contributed by atoms with E-state index in [4.69, 9.17) is 17.3 Å². The maximum Gasteiger partial charge on any atom is 0.0437 e. The van der Waals surface area contributed by atoms with Crippen molar-refractivity contribution in [3.8, 4) is 0 Å². The first-order valence-corrected chi connectivity index (χ1v) is 4.79. The van der Waals surface area contributed by atoms with Crippen molar-refractivity contribution in [2.24, 2.45) is 5.73 Å². The van der Waals surface area contributed by atoms with Crippen molar-refractivity contribution in [1.82, 2.24) is 0 Å². The van der Waals surface area contributed by atoms with Crippen LogP contribution in [-0.2, 0) is 0 Å². The standard InChI is InChI=1S/C8H10BrClN2/c9-6-3-7(10)5-8(4-6)12-2-1-11/h3-5,12H,1-2,11H2. The molecular formula is C8H10BrClN2. The molecule has 1 aromatic rings. The summed E-state index contributed by atoms with van der Waals surface area (Å²) < 4.78 is 0.967. The van der Waals surface area contributed by atoms with E-state index in [9.17, 15) is 0 Å².